The van der Waals surface area contributed by atoms with Gasteiger partial charge in [-0.2, -0.15) is 5.10 Å². The average molecular weight is 389 g/mol. The van der Waals surface area contributed by atoms with E-state index >= 15 is 0 Å². The van der Waals surface area contributed by atoms with Crippen LogP contribution >= 0.6 is 0 Å². The number of aromatic nitrogens is 2. The molecular formula is C19H18F3N5O. The molecule has 146 valence electrons. The number of ether oxygens (including phenoxy) is 1. The summed E-state index contributed by atoms with van der Waals surface area (Å²) in [7, 11) is 0. The van der Waals surface area contributed by atoms with Crippen LogP contribution in [0.1, 0.15) is 11.1 Å². The summed E-state index contributed by atoms with van der Waals surface area (Å²) in [5.74, 6) is -0.0309. The Hall–Kier alpha value is -3.49. The van der Waals surface area contributed by atoms with E-state index < -0.39 is 6.36 Å². The van der Waals surface area contributed by atoms with Crippen molar-refractivity contribution in [2.75, 3.05) is 0 Å². The zero-order chi connectivity index (χ0) is 20.0. The molecule has 2 aromatic carbocycles. The van der Waals surface area contributed by atoms with Crippen molar-refractivity contribution in [2.45, 2.75) is 19.5 Å². The largest absolute Gasteiger partial charge is 0.573 e. The van der Waals surface area contributed by atoms with Crippen molar-refractivity contribution in [3.8, 4) is 11.4 Å². The van der Waals surface area contributed by atoms with Crippen LogP contribution in [-0.2, 0) is 13.1 Å². The number of nitrogens with two attached hydrogens (primary N) is 1. The molecular weight excluding hydrogens is 371 g/mol. The highest BCUT2D eigenvalue weighted by molar-refractivity contribution is 5.77. The van der Waals surface area contributed by atoms with Gasteiger partial charge in [0.2, 0.25) is 0 Å². The van der Waals surface area contributed by atoms with Crippen molar-refractivity contribution >= 4 is 5.96 Å². The van der Waals surface area contributed by atoms with E-state index in [1.807, 2.05) is 36.5 Å². The Bertz CT molecular complexity index is 904. The minimum absolute atomic E-state index is 0.239. The van der Waals surface area contributed by atoms with Crippen molar-refractivity contribution in [2.24, 2.45) is 10.7 Å². The number of nitrogens with one attached hydrogen (secondary N) is 1. The molecule has 0 spiro atoms. The normalized spacial score (nSPS) is 12.0. The summed E-state index contributed by atoms with van der Waals surface area (Å²) in [6.45, 7) is 0.733. The number of rotatable bonds is 6. The summed E-state index contributed by atoms with van der Waals surface area (Å²) >= 11 is 0. The van der Waals surface area contributed by atoms with Crippen molar-refractivity contribution in [1.29, 1.82) is 0 Å². The van der Waals surface area contributed by atoms with Gasteiger partial charge in [-0.3, -0.25) is 0 Å². The molecule has 0 atom stereocenters. The van der Waals surface area contributed by atoms with Crippen LogP contribution in [0.2, 0.25) is 0 Å². The molecule has 3 N–H and O–H groups in total. The van der Waals surface area contributed by atoms with E-state index in [1.165, 1.54) is 24.3 Å². The molecule has 1 aromatic heterocycles. The van der Waals surface area contributed by atoms with E-state index in [9.17, 15) is 13.2 Å². The summed E-state index contributed by atoms with van der Waals surface area (Å²) in [5, 5.41) is 7.16. The Kier molecular flexibility index (Phi) is 5.83. The molecule has 1 heterocycles. The molecule has 0 saturated carbocycles. The number of halogens is 3. The van der Waals surface area contributed by atoms with Gasteiger partial charge in [-0.15, -0.1) is 13.2 Å². The summed E-state index contributed by atoms with van der Waals surface area (Å²) < 4.78 is 42.0. The number of hydrogen-bond donors (Lipinski definition) is 2. The zero-order valence-corrected chi connectivity index (χ0v) is 14.7. The molecule has 0 saturated heterocycles. The maximum Gasteiger partial charge on any atom is 0.573 e. The Morgan fingerprint density at radius 2 is 1.75 bits per heavy atom. The lowest BCUT2D eigenvalue weighted by Crippen LogP contribution is -2.31. The van der Waals surface area contributed by atoms with Crippen LogP contribution in [0.5, 0.6) is 5.75 Å². The predicted octanol–water partition coefficient (Wildman–Crippen LogP) is 3.38. The molecule has 28 heavy (non-hydrogen) atoms. The highest BCUT2D eigenvalue weighted by Gasteiger charge is 2.30. The molecule has 3 rings (SSSR count). The summed E-state index contributed by atoms with van der Waals surface area (Å²) in [5.41, 5.74) is 8.52. The lowest BCUT2D eigenvalue weighted by molar-refractivity contribution is -0.274. The number of guanidine groups is 1. The maximum atomic E-state index is 12.1. The van der Waals surface area contributed by atoms with Gasteiger partial charge in [0, 0.05) is 18.9 Å². The first kappa shape index (κ1) is 19.3. The average Bonchev–Trinajstić information content (AvgIpc) is 3.20. The fraction of sp³-hybridized carbons (Fsp3) is 0.158. The second kappa shape index (κ2) is 8.47. The molecule has 0 aliphatic carbocycles. The SMILES string of the molecule is NC(=NCc1ccc(OC(F)(F)F)cc1)NCc1ccc(-n2cccn2)cc1. The molecule has 0 amide bonds. The second-order valence-electron chi connectivity index (χ2n) is 5.86. The van der Waals surface area contributed by atoms with Gasteiger partial charge in [-0.1, -0.05) is 24.3 Å². The molecule has 0 aliphatic heterocycles. The first-order chi connectivity index (χ1) is 13.4. The molecule has 0 bridgehead atoms. The van der Waals surface area contributed by atoms with Crippen molar-refractivity contribution in [3.63, 3.8) is 0 Å². The maximum absolute atomic E-state index is 12.1. The van der Waals surface area contributed by atoms with E-state index in [1.54, 1.807) is 10.9 Å². The lowest BCUT2D eigenvalue weighted by atomic mass is 10.2. The zero-order valence-electron chi connectivity index (χ0n) is 14.7. The number of alkyl halides is 3. The van der Waals surface area contributed by atoms with E-state index in [2.05, 4.69) is 20.1 Å². The van der Waals surface area contributed by atoms with Gasteiger partial charge < -0.3 is 15.8 Å². The van der Waals surface area contributed by atoms with E-state index in [0.717, 1.165) is 11.3 Å². The molecule has 6 nitrogen and oxygen atoms in total. The number of aliphatic imine (C=N–C) groups is 1. The molecule has 3 aromatic rings. The van der Waals surface area contributed by atoms with Crippen LogP contribution in [0.4, 0.5) is 13.2 Å². The molecule has 0 unspecified atom stereocenters. The van der Waals surface area contributed by atoms with Gasteiger partial charge in [0.05, 0.1) is 12.2 Å². The monoisotopic (exact) mass is 389 g/mol. The third kappa shape index (κ3) is 5.76. The first-order valence-electron chi connectivity index (χ1n) is 8.36. The number of hydrogen-bond acceptors (Lipinski definition) is 3. The first-order valence-corrected chi connectivity index (χ1v) is 8.36. The van der Waals surface area contributed by atoms with Crippen LogP contribution in [0.3, 0.4) is 0 Å². The molecule has 0 radical (unpaired) electrons. The number of nitrogens with zero attached hydrogens (tertiary/aromatic N) is 3. The van der Waals surface area contributed by atoms with Gasteiger partial charge in [0.1, 0.15) is 5.75 Å². The Morgan fingerprint density at radius 1 is 1.07 bits per heavy atom. The van der Waals surface area contributed by atoms with Crippen LogP contribution in [0.15, 0.2) is 72.0 Å². The minimum Gasteiger partial charge on any atom is -0.406 e. The van der Waals surface area contributed by atoms with Gasteiger partial charge in [0.15, 0.2) is 5.96 Å². The summed E-state index contributed by atoms with van der Waals surface area (Å²) in [6.07, 6.45) is -1.13. The van der Waals surface area contributed by atoms with Gasteiger partial charge in [-0.25, -0.2) is 9.67 Å². The van der Waals surface area contributed by atoms with E-state index in [0.29, 0.717) is 12.1 Å². The van der Waals surface area contributed by atoms with E-state index in [-0.39, 0.29) is 18.3 Å². The highest BCUT2D eigenvalue weighted by atomic mass is 19.4. The number of benzene rings is 2. The molecule has 0 fully saturated rings. The topological polar surface area (TPSA) is 77.5 Å². The summed E-state index contributed by atoms with van der Waals surface area (Å²) in [6, 6.07) is 15.1. The quantitative estimate of drug-likeness (QED) is 0.501. The van der Waals surface area contributed by atoms with Crippen molar-refractivity contribution < 1.29 is 17.9 Å². The molecule has 9 heteroatoms. The Labute approximate surface area is 159 Å². The van der Waals surface area contributed by atoms with Gasteiger partial charge in [-0.05, 0) is 41.5 Å². The van der Waals surface area contributed by atoms with Crippen LogP contribution < -0.4 is 15.8 Å². The Balaban J connectivity index is 1.49. The van der Waals surface area contributed by atoms with Crippen LogP contribution in [-0.4, -0.2) is 22.1 Å². The molecule has 0 aliphatic rings. The predicted molar refractivity (Wildman–Crippen MR) is 98.9 cm³/mol. The second-order valence-corrected chi connectivity index (χ2v) is 5.86. The smallest absolute Gasteiger partial charge is 0.406 e. The Morgan fingerprint density at radius 3 is 2.36 bits per heavy atom. The van der Waals surface area contributed by atoms with Gasteiger partial charge >= 0.3 is 6.36 Å². The minimum atomic E-state index is -4.70. The van der Waals surface area contributed by atoms with Crippen LogP contribution in [0.25, 0.3) is 5.69 Å². The lowest BCUT2D eigenvalue weighted by Gasteiger charge is -2.09. The van der Waals surface area contributed by atoms with Gasteiger partial charge in [0.25, 0.3) is 0 Å². The van der Waals surface area contributed by atoms with Crippen molar-refractivity contribution in [3.05, 3.63) is 78.1 Å². The fourth-order valence-corrected chi connectivity index (χ4v) is 2.41. The van der Waals surface area contributed by atoms with E-state index in [4.69, 9.17) is 5.73 Å². The highest BCUT2D eigenvalue weighted by Crippen LogP contribution is 2.22. The van der Waals surface area contributed by atoms with Crippen molar-refractivity contribution in [1.82, 2.24) is 15.1 Å². The fourth-order valence-electron chi connectivity index (χ4n) is 2.41. The standard InChI is InChI=1S/C19H18F3N5O/c20-19(21,22)28-17-8-4-15(5-9-17)13-25-18(23)24-12-14-2-6-16(7-3-14)27-11-1-10-26-27/h1-11H,12-13H2,(H3,23,24,25). The summed E-state index contributed by atoms with van der Waals surface area (Å²) in [4.78, 5) is 4.18. The third-order valence-electron chi connectivity index (χ3n) is 3.77. The van der Waals surface area contributed by atoms with Crippen LogP contribution in [0, 0.1) is 0 Å². The third-order valence-corrected chi connectivity index (χ3v) is 3.77.